The van der Waals surface area contributed by atoms with Gasteiger partial charge in [-0.05, 0) is 43.2 Å². The van der Waals surface area contributed by atoms with Crippen molar-refractivity contribution in [1.29, 1.82) is 0 Å². The number of hydrogen-bond acceptors (Lipinski definition) is 6. The van der Waals surface area contributed by atoms with Crippen molar-refractivity contribution in [2.75, 3.05) is 37.9 Å². The largest absolute Gasteiger partial charge is 0.497 e. The lowest BCUT2D eigenvalue weighted by Crippen LogP contribution is -2.51. The number of rotatable bonds is 13. The fourth-order valence-electron chi connectivity index (χ4n) is 3.54. The van der Waals surface area contributed by atoms with Crippen LogP contribution in [0.3, 0.4) is 0 Å². The van der Waals surface area contributed by atoms with Crippen molar-refractivity contribution in [3.63, 3.8) is 0 Å². The maximum atomic E-state index is 13.6. The van der Waals surface area contributed by atoms with Gasteiger partial charge in [-0.1, -0.05) is 37.1 Å². The van der Waals surface area contributed by atoms with E-state index in [1.54, 1.807) is 37.3 Å². The first kappa shape index (κ1) is 29.3. The molecule has 1 N–H and O–H groups in total. The quantitative estimate of drug-likeness (QED) is 0.391. The number of methoxy groups -OCH3 is 2. The van der Waals surface area contributed by atoms with Crippen LogP contribution in [0.2, 0.25) is 5.02 Å². The van der Waals surface area contributed by atoms with Crippen molar-refractivity contribution in [1.82, 2.24) is 10.2 Å². The van der Waals surface area contributed by atoms with E-state index in [-0.39, 0.29) is 23.9 Å². The van der Waals surface area contributed by atoms with E-state index in [4.69, 9.17) is 21.1 Å². The predicted octanol–water partition coefficient (Wildman–Crippen LogP) is 3.46. The number of unbranched alkanes of at least 4 members (excludes halogenated alkanes) is 1. The van der Waals surface area contributed by atoms with Gasteiger partial charge in [0.05, 0.1) is 26.2 Å². The van der Waals surface area contributed by atoms with Crippen molar-refractivity contribution in [2.45, 2.75) is 39.3 Å². The third-order valence-corrected chi connectivity index (χ3v) is 6.94. The highest BCUT2D eigenvalue weighted by atomic mass is 35.5. The molecule has 0 bridgehead atoms. The number of carbonyl (C=O) groups is 2. The number of ether oxygens (including phenoxy) is 2. The summed E-state index contributed by atoms with van der Waals surface area (Å²) in [5, 5.41) is 3.32. The summed E-state index contributed by atoms with van der Waals surface area (Å²) in [6, 6.07) is 10.7. The SMILES string of the molecule is CCCCNC(=O)[C@H](C)N(Cc1cccc(Cl)c1)C(=O)CN(c1ccc(OC)cc1OC)S(C)(=O)=O. The first-order valence-electron chi connectivity index (χ1n) is 11.5. The summed E-state index contributed by atoms with van der Waals surface area (Å²) < 4.78 is 37.0. The van der Waals surface area contributed by atoms with Crippen molar-refractivity contribution >= 4 is 39.1 Å². The average molecular weight is 540 g/mol. The van der Waals surface area contributed by atoms with Crippen LogP contribution in [-0.4, -0.2) is 64.7 Å². The molecule has 0 saturated carbocycles. The van der Waals surface area contributed by atoms with E-state index >= 15 is 0 Å². The highest BCUT2D eigenvalue weighted by molar-refractivity contribution is 7.92. The van der Waals surface area contributed by atoms with Crippen LogP contribution in [-0.2, 0) is 26.2 Å². The maximum absolute atomic E-state index is 13.6. The Hall–Kier alpha value is -2.98. The second-order valence-corrected chi connectivity index (χ2v) is 10.6. The summed E-state index contributed by atoms with van der Waals surface area (Å²) in [6.07, 6.45) is 2.72. The molecule has 0 fully saturated rings. The summed E-state index contributed by atoms with van der Waals surface area (Å²) in [5.74, 6) is -0.196. The Labute approximate surface area is 218 Å². The maximum Gasteiger partial charge on any atom is 0.244 e. The topological polar surface area (TPSA) is 105 Å². The minimum Gasteiger partial charge on any atom is -0.497 e. The third-order valence-electron chi connectivity index (χ3n) is 5.57. The fraction of sp³-hybridized carbons (Fsp3) is 0.440. The van der Waals surface area contributed by atoms with Crippen LogP contribution in [0.4, 0.5) is 5.69 Å². The number of carbonyl (C=O) groups excluding carboxylic acids is 2. The van der Waals surface area contributed by atoms with Crippen molar-refractivity contribution in [3.8, 4) is 11.5 Å². The summed E-state index contributed by atoms with van der Waals surface area (Å²) in [5.41, 5.74) is 0.883. The Balaban J connectivity index is 2.42. The van der Waals surface area contributed by atoms with E-state index in [1.165, 1.54) is 31.3 Å². The number of amides is 2. The predicted molar refractivity (Wildman–Crippen MR) is 141 cm³/mol. The molecule has 9 nitrogen and oxygen atoms in total. The van der Waals surface area contributed by atoms with E-state index < -0.39 is 28.5 Å². The molecule has 36 heavy (non-hydrogen) atoms. The van der Waals surface area contributed by atoms with Gasteiger partial charge in [0.15, 0.2) is 0 Å². The molecule has 0 radical (unpaired) electrons. The Morgan fingerprint density at radius 1 is 1.11 bits per heavy atom. The van der Waals surface area contributed by atoms with Crippen LogP contribution < -0.4 is 19.1 Å². The molecule has 2 amide bonds. The molecule has 0 unspecified atom stereocenters. The minimum absolute atomic E-state index is 0.0686. The number of sulfonamides is 1. The summed E-state index contributed by atoms with van der Waals surface area (Å²) in [4.78, 5) is 27.8. The highest BCUT2D eigenvalue weighted by Gasteiger charge is 2.31. The van der Waals surface area contributed by atoms with E-state index in [1.807, 2.05) is 6.92 Å². The first-order valence-corrected chi connectivity index (χ1v) is 13.8. The number of anilines is 1. The zero-order valence-corrected chi connectivity index (χ0v) is 22.9. The van der Waals surface area contributed by atoms with Gasteiger partial charge in [-0.2, -0.15) is 0 Å². The molecule has 0 heterocycles. The fourth-order valence-corrected chi connectivity index (χ4v) is 4.60. The number of nitrogens with zero attached hydrogens (tertiary/aromatic N) is 2. The number of halogens is 1. The van der Waals surface area contributed by atoms with Gasteiger partial charge in [0.2, 0.25) is 21.8 Å². The van der Waals surface area contributed by atoms with Crippen LogP contribution in [0.25, 0.3) is 0 Å². The van der Waals surface area contributed by atoms with E-state index in [2.05, 4.69) is 5.32 Å². The van der Waals surface area contributed by atoms with E-state index in [0.29, 0.717) is 22.9 Å². The summed E-state index contributed by atoms with van der Waals surface area (Å²) in [7, 11) is -1.02. The van der Waals surface area contributed by atoms with Crippen molar-refractivity contribution < 1.29 is 27.5 Å². The lowest BCUT2D eigenvalue weighted by Gasteiger charge is -2.32. The molecule has 2 aromatic carbocycles. The monoisotopic (exact) mass is 539 g/mol. The van der Waals surface area contributed by atoms with Gasteiger partial charge < -0.3 is 19.7 Å². The van der Waals surface area contributed by atoms with E-state index in [0.717, 1.165) is 23.4 Å². The lowest BCUT2D eigenvalue weighted by atomic mass is 10.1. The molecule has 1 atom stereocenters. The Kier molecular flexibility index (Phi) is 10.9. The van der Waals surface area contributed by atoms with Gasteiger partial charge in [0.1, 0.15) is 24.1 Å². The normalized spacial score (nSPS) is 11.9. The highest BCUT2D eigenvalue weighted by Crippen LogP contribution is 2.33. The Bertz CT molecular complexity index is 1160. The smallest absolute Gasteiger partial charge is 0.244 e. The molecule has 2 rings (SSSR count). The zero-order chi connectivity index (χ0) is 26.9. The molecule has 2 aromatic rings. The molecule has 0 spiro atoms. The number of hydrogen-bond donors (Lipinski definition) is 1. The van der Waals surface area contributed by atoms with Crippen LogP contribution in [0.15, 0.2) is 42.5 Å². The standard InChI is InChI=1S/C25H34ClN3O6S/c1-6-7-13-27-25(31)18(2)28(16-19-9-8-10-20(26)14-19)24(30)17-29(36(5,32)33)22-12-11-21(34-3)15-23(22)35-4/h8-12,14-15,18H,6-7,13,16-17H2,1-5H3,(H,27,31)/t18-/m0/s1. The van der Waals surface area contributed by atoms with Gasteiger partial charge in [-0.25, -0.2) is 8.42 Å². The van der Waals surface area contributed by atoms with Gasteiger partial charge >= 0.3 is 0 Å². The molecule has 0 aliphatic carbocycles. The molecule has 0 aliphatic heterocycles. The third kappa shape index (κ3) is 8.03. The van der Waals surface area contributed by atoms with Gasteiger partial charge in [-0.3, -0.25) is 13.9 Å². The second kappa shape index (κ2) is 13.4. The molecule has 0 aliphatic rings. The van der Waals surface area contributed by atoms with Gasteiger partial charge in [0.25, 0.3) is 0 Å². The first-order chi connectivity index (χ1) is 17.0. The second-order valence-electron chi connectivity index (χ2n) is 8.28. The van der Waals surface area contributed by atoms with Crippen molar-refractivity contribution in [3.05, 3.63) is 53.1 Å². The molecular formula is C25H34ClN3O6S. The van der Waals surface area contributed by atoms with E-state index in [9.17, 15) is 18.0 Å². The summed E-state index contributed by atoms with van der Waals surface area (Å²) >= 11 is 6.12. The molecule has 0 aromatic heterocycles. The van der Waals surface area contributed by atoms with Gasteiger partial charge in [0, 0.05) is 24.2 Å². The summed E-state index contributed by atoms with van der Waals surface area (Å²) in [6.45, 7) is 3.64. The van der Waals surface area contributed by atoms with Crippen LogP contribution in [0.5, 0.6) is 11.5 Å². The average Bonchev–Trinajstić information content (AvgIpc) is 2.84. The minimum atomic E-state index is -3.90. The molecule has 198 valence electrons. The lowest BCUT2D eigenvalue weighted by molar-refractivity contribution is -0.139. The van der Waals surface area contributed by atoms with Crippen molar-refractivity contribution in [2.24, 2.45) is 0 Å². The Morgan fingerprint density at radius 3 is 2.42 bits per heavy atom. The van der Waals surface area contributed by atoms with Crippen LogP contribution in [0.1, 0.15) is 32.3 Å². The molecule has 11 heteroatoms. The number of benzene rings is 2. The molecule has 0 saturated heterocycles. The molecular weight excluding hydrogens is 506 g/mol. The zero-order valence-electron chi connectivity index (χ0n) is 21.3. The van der Waals surface area contributed by atoms with Gasteiger partial charge in [-0.15, -0.1) is 0 Å². The number of nitrogens with one attached hydrogen (secondary N) is 1. The van der Waals surface area contributed by atoms with Crippen LogP contribution >= 0.6 is 11.6 Å². The Morgan fingerprint density at radius 2 is 1.83 bits per heavy atom. The van der Waals surface area contributed by atoms with Crippen LogP contribution in [0, 0.1) is 0 Å².